The summed E-state index contributed by atoms with van der Waals surface area (Å²) in [6.07, 6.45) is 5.01. The highest BCUT2D eigenvalue weighted by Gasteiger charge is 2.51. The van der Waals surface area contributed by atoms with Crippen LogP contribution in [0.2, 0.25) is 0 Å². The summed E-state index contributed by atoms with van der Waals surface area (Å²) < 4.78 is 0. The Kier molecular flexibility index (Phi) is 4.47. The van der Waals surface area contributed by atoms with E-state index < -0.39 is 5.60 Å². The minimum Gasteiger partial charge on any atom is -0.508 e. The molecule has 1 fully saturated rings. The molecule has 2 aromatic carbocycles. The molecular weight excluding hydrogens is 344 g/mol. The van der Waals surface area contributed by atoms with Crippen molar-refractivity contribution in [3.63, 3.8) is 0 Å². The molecule has 1 saturated carbocycles. The Labute approximate surface area is 159 Å². The second kappa shape index (κ2) is 6.65. The van der Waals surface area contributed by atoms with Gasteiger partial charge in [-0.05, 0) is 84.9 Å². The lowest BCUT2D eigenvalue weighted by Crippen LogP contribution is -2.50. The summed E-state index contributed by atoms with van der Waals surface area (Å²) in [5, 5.41) is 23.2. The molecule has 0 radical (unpaired) electrons. The molecule has 2 N–H and O–H groups in total. The lowest BCUT2D eigenvalue weighted by molar-refractivity contribution is -0.00796. The van der Waals surface area contributed by atoms with Crippen LogP contribution in [0.25, 0.3) is 0 Å². The lowest BCUT2D eigenvalue weighted by Gasteiger charge is -2.52. The summed E-state index contributed by atoms with van der Waals surface area (Å²) in [7, 11) is 0. The van der Waals surface area contributed by atoms with E-state index in [0.29, 0.717) is 24.5 Å². The Hall–Kier alpha value is -1.95. The second-order valence-corrected chi connectivity index (χ2v) is 8.04. The Balaban J connectivity index is 1.79. The van der Waals surface area contributed by atoms with Crippen molar-refractivity contribution in [2.24, 2.45) is 5.92 Å². The molecule has 0 aliphatic heterocycles. The van der Waals surface area contributed by atoms with E-state index in [9.17, 15) is 10.2 Å². The molecule has 0 aromatic heterocycles. The van der Waals surface area contributed by atoms with Gasteiger partial charge < -0.3 is 10.2 Å². The van der Waals surface area contributed by atoms with Crippen LogP contribution in [0, 0.1) is 17.2 Å². The number of hydrogen-bond acceptors (Lipinski definition) is 2. The number of hydrogen-bond donors (Lipinski definition) is 2. The predicted molar refractivity (Wildman–Crippen MR) is 104 cm³/mol. The first-order chi connectivity index (χ1) is 12.5. The standard InChI is InChI=1S/C23H23ClO2/c24-13-12-22(26)10-11-23(15-17-4-2-1-3-5-17)19(16-22)7-6-18-14-20(25)8-9-21(18)23/h1-5,8-9,14,19,25-26H,6-7,10-11,15-16H2. The average Bonchev–Trinajstić information content (AvgIpc) is 2.63. The van der Waals surface area contributed by atoms with Crippen LogP contribution in [0.4, 0.5) is 0 Å². The van der Waals surface area contributed by atoms with Crippen molar-refractivity contribution >= 4 is 11.6 Å². The maximum Gasteiger partial charge on any atom is 0.127 e. The summed E-state index contributed by atoms with van der Waals surface area (Å²) in [5.74, 6) is 3.51. The van der Waals surface area contributed by atoms with E-state index in [0.717, 1.165) is 25.7 Å². The molecule has 2 aliphatic carbocycles. The van der Waals surface area contributed by atoms with Gasteiger partial charge in [-0.25, -0.2) is 0 Å². The number of phenolic OH excluding ortho intramolecular Hbond substituents is 1. The van der Waals surface area contributed by atoms with Crippen molar-refractivity contribution in [1.82, 2.24) is 0 Å². The largest absolute Gasteiger partial charge is 0.508 e. The number of rotatable bonds is 2. The molecule has 4 rings (SSSR count). The maximum atomic E-state index is 10.9. The minimum absolute atomic E-state index is 0.0249. The number of benzene rings is 2. The highest BCUT2D eigenvalue weighted by Crippen LogP contribution is 2.54. The summed E-state index contributed by atoms with van der Waals surface area (Å²) in [5.41, 5.74) is 2.87. The minimum atomic E-state index is -0.985. The zero-order valence-electron chi connectivity index (χ0n) is 14.7. The van der Waals surface area contributed by atoms with E-state index in [1.165, 1.54) is 16.7 Å². The van der Waals surface area contributed by atoms with Gasteiger partial charge in [-0.2, -0.15) is 0 Å². The summed E-state index contributed by atoms with van der Waals surface area (Å²) in [6.45, 7) is 0. The molecule has 0 bridgehead atoms. The van der Waals surface area contributed by atoms with Gasteiger partial charge in [-0.3, -0.25) is 0 Å². The number of aryl methyl sites for hydroxylation is 1. The smallest absolute Gasteiger partial charge is 0.127 e. The predicted octanol–water partition coefficient (Wildman–Crippen LogP) is 4.55. The molecule has 2 nitrogen and oxygen atoms in total. The molecular formula is C23H23ClO2. The Bertz CT molecular complexity index is 867. The Morgan fingerprint density at radius 3 is 2.69 bits per heavy atom. The van der Waals surface area contributed by atoms with E-state index in [1.807, 2.05) is 12.1 Å². The van der Waals surface area contributed by atoms with Crippen LogP contribution >= 0.6 is 11.6 Å². The fourth-order valence-electron chi connectivity index (χ4n) is 5.16. The highest BCUT2D eigenvalue weighted by molar-refractivity contribution is 6.30. The summed E-state index contributed by atoms with van der Waals surface area (Å²) in [4.78, 5) is 0. The number of phenols is 1. The van der Waals surface area contributed by atoms with Crippen LogP contribution in [-0.2, 0) is 18.3 Å². The van der Waals surface area contributed by atoms with Gasteiger partial charge in [0.25, 0.3) is 0 Å². The third-order valence-electron chi connectivity index (χ3n) is 6.38. The summed E-state index contributed by atoms with van der Waals surface area (Å²) >= 11 is 5.61. The van der Waals surface area contributed by atoms with Crippen LogP contribution in [0.15, 0.2) is 48.5 Å². The average molecular weight is 367 g/mol. The van der Waals surface area contributed by atoms with Gasteiger partial charge in [0.2, 0.25) is 0 Å². The molecule has 0 heterocycles. The van der Waals surface area contributed by atoms with E-state index in [4.69, 9.17) is 11.6 Å². The van der Waals surface area contributed by atoms with E-state index in [1.54, 1.807) is 6.07 Å². The molecule has 2 aliphatic rings. The topological polar surface area (TPSA) is 40.5 Å². The number of halogens is 1. The first kappa shape index (κ1) is 17.5. The van der Waals surface area contributed by atoms with Crippen LogP contribution in [-0.4, -0.2) is 15.8 Å². The fourth-order valence-corrected chi connectivity index (χ4v) is 5.34. The molecule has 0 spiro atoms. The van der Waals surface area contributed by atoms with E-state index >= 15 is 0 Å². The van der Waals surface area contributed by atoms with Gasteiger partial charge in [-0.15, -0.1) is 0 Å². The SMILES string of the molecule is Oc1ccc2c(c1)CCC1CC(O)(C#CCl)CCC21Cc1ccccc1. The van der Waals surface area contributed by atoms with Crippen molar-refractivity contribution in [2.45, 2.75) is 49.5 Å². The van der Waals surface area contributed by atoms with Crippen molar-refractivity contribution in [3.05, 3.63) is 65.2 Å². The maximum absolute atomic E-state index is 10.9. The van der Waals surface area contributed by atoms with E-state index in [2.05, 4.69) is 41.6 Å². The van der Waals surface area contributed by atoms with Gasteiger partial charge in [0, 0.05) is 10.8 Å². The van der Waals surface area contributed by atoms with Crippen molar-refractivity contribution in [1.29, 1.82) is 0 Å². The fraction of sp³-hybridized carbons (Fsp3) is 0.391. The molecule has 3 unspecified atom stereocenters. The first-order valence-electron chi connectivity index (χ1n) is 9.26. The van der Waals surface area contributed by atoms with Crippen LogP contribution in [0.1, 0.15) is 42.4 Å². The first-order valence-corrected chi connectivity index (χ1v) is 9.64. The van der Waals surface area contributed by atoms with Gasteiger partial charge >= 0.3 is 0 Å². The third kappa shape index (κ3) is 3.00. The second-order valence-electron chi connectivity index (χ2n) is 7.85. The van der Waals surface area contributed by atoms with Crippen LogP contribution in [0.5, 0.6) is 5.75 Å². The molecule has 0 saturated heterocycles. The van der Waals surface area contributed by atoms with Gasteiger partial charge in [-0.1, -0.05) is 42.3 Å². The zero-order chi connectivity index (χ0) is 18.2. The van der Waals surface area contributed by atoms with Gasteiger partial charge in [0.05, 0.1) is 0 Å². The molecule has 26 heavy (non-hydrogen) atoms. The van der Waals surface area contributed by atoms with Gasteiger partial charge in [0.1, 0.15) is 11.4 Å². The monoisotopic (exact) mass is 366 g/mol. The van der Waals surface area contributed by atoms with Crippen LogP contribution < -0.4 is 0 Å². The van der Waals surface area contributed by atoms with Crippen molar-refractivity contribution in [3.8, 4) is 17.0 Å². The molecule has 3 heteroatoms. The molecule has 134 valence electrons. The van der Waals surface area contributed by atoms with Crippen molar-refractivity contribution in [2.75, 3.05) is 0 Å². The Morgan fingerprint density at radius 1 is 1.12 bits per heavy atom. The third-order valence-corrected chi connectivity index (χ3v) is 6.47. The number of aliphatic hydroxyl groups is 1. The Morgan fingerprint density at radius 2 is 1.92 bits per heavy atom. The lowest BCUT2D eigenvalue weighted by atomic mass is 9.53. The van der Waals surface area contributed by atoms with E-state index in [-0.39, 0.29) is 5.41 Å². The normalized spacial score (nSPS) is 29.8. The molecule has 0 amide bonds. The highest BCUT2D eigenvalue weighted by atomic mass is 35.5. The summed E-state index contributed by atoms with van der Waals surface area (Å²) in [6, 6.07) is 16.4. The number of fused-ring (bicyclic) bond motifs is 3. The molecule has 3 atom stereocenters. The van der Waals surface area contributed by atoms with Crippen molar-refractivity contribution < 1.29 is 10.2 Å². The zero-order valence-corrected chi connectivity index (χ0v) is 15.5. The quantitative estimate of drug-likeness (QED) is 0.765. The van der Waals surface area contributed by atoms with Gasteiger partial charge in [0.15, 0.2) is 0 Å². The molecule has 2 aromatic rings. The van der Waals surface area contributed by atoms with Crippen LogP contribution in [0.3, 0.4) is 0 Å². The number of aromatic hydroxyl groups is 1.